The number of urea groups is 1. The van der Waals surface area contributed by atoms with Gasteiger partial charge in [-0.2, -0.15) is 0 Å². The van der Waals surface area contributed by atoms with Crippen LogP contribution in [0, 0.1) is 0 Å². The third-order valence-electron chi connectivity index (χ3n) is 3.72. The van der Waals surface area contributed by atoms with Gasteiger partial charge in [0.25, 0.3) is 0 Å². The number of hydrogen-bond donors (Lipinski definition) is 3. The molecule has 1 aliphatic rings. The van der Waals surface area contributed by atoms with E-state index < -0.39 is 0 Å². The van der Waals surface area contributed by atoms with Crippen molar-refractivity contribution < 1.29 is 9.59 Å². The van der Waals surface area contributed by atoms with Crippen molar-refractivity contribution in [2.24, 2.45) is 0 Å². The second kappa shape index (κ2) is 5.89. The molecule has 0 aliphatic carbocycles. The molecular weight excluding hydrogens is 278 g/mol. The zero-order valence-electron chi connectivity index (χ0n) is 12.2. The molecule has 0 saturated heterocycles. The van der Waals surface area contributed by atoms with Gasteiger partial charge in [0.15, 0.2) is 0 Å². The molecule has 2 aromatic carbocycles. The van der Waals surface area contributed by atoms with Gasteiger partial charge in [-0.05, 0) is 36.2 Å². The van der Waals surface area contributed by atoms with E-state index in [-0.39, 0.29) is 17.9 Å². The van der Waals surface area contributed by atoms with E-state index in [9.17, 15) is 9.59 Å². The van der Waals surface area contributed by atoms with Crippen molar-refractivity contribution in [2.45, 2.75) is 19.4 Å². The van der Waals surface area contributed by atoms with Crippen molar-refractivity contribution in [2.75, 3.05) is 10.6 Å². The minimum Gasteiger partial charge on any atom is -0.334 e. The number of fused-ring (bicyclic) bond motifs is 1. The molecule has 5 nitrogen and oxygen atoms in total. The van der Waals surface area contributed by atoms with Crippen LogP contribution >= 0.6 is 0 Å². The summed E-state index contributed by atoms with van der Waals surface area (Å²) >= 11 is 0. The molecule has 1 atom stereocenters. The van der Waals surface area contributed by atoms with Crippen LogP contribution in [0.2, 0.25) is 0 Å². The lowest BCUT2D eigenvalue weighted by atomic mass is 10.0. The highest BCUT2D eigenvalue weighted by atomic mass is 16.2. The molecule has 0 radical (unpaired) electrons. The molecule has 0 aromatic heterocycles. The summed E-state index contributed by atoms with van der Waals surface area (Å²) in [4.78, 5) is 23.5. The first kappa shape index (κ1) is 14.1. The van der Waals surface area contributed by atoms with E-state index in [4.69, 9.17) is 0 Å². The summed E-state index contributed by atoms with van der Waals surface area (Å²) in [6.07, 6.45) is 0. The maximum absolute atomic E-state index is 11.9. The van der Waals surface area contributed by atoms with Crippen LogP contribution in [0.15, 0.2) is 48.5 Å². The monoisotopic (exact) mass is 295 g/mol. The fourth-order valence-electron chi connectivity index (χ4n) is 2.45. The Morgan fingerprint density at radius 1 is 1.18 bits per heavy atom. The quantitative estimate of drug-likeness (QED) is 0.814. The lowest BCUT2D eigenvalue weighted by molar-refractivity contribution is -0.116. The number of benzene rings is 2. The number of anilines is 2. The van der Waals surface area contributed by atoms with Crippen LogP contribution in [0.1, 0.15) is 24.0 Å². The number of amides is 3. The second-order valence-corrected chi connectivity index (χ2v) is 5.31. The Kier molecular flexibility index (Phi) is 3.78. The minimum atomic E-state index is -0.270. The lowest BCUT2D eigenvalue weighted by Gasteiger charge is -2.09. The van der Waals surface area contributed by atoms with Crippen molar-refractivity contribution in [1.29, 1.82) is 0 Å². The van der Waals surface area contributed by atoms with Crippen LogP contribution in [0.3, 0.4) is 0 Å². The second-order valence-electron chi connectivity index (χ2n) is 5.31. The van der Waals surface area contributed by atoms with Gasteiger partial charge in [-0.3, -0.25) is 4.79 Å². The number of hydrogen-bond acceptors (Lipinski definition) is 2. The lowest BCUT2D eigenvalue weighted by Crippen LogP contribution is -2.28. The summed E-state index contributed by atoms with van der Waals surface area (Å²) in [5.41, 5.74) is 3.43. The Morgan fingerprint density at radius 3 is 2.73 bits per heavy atom. The largest absolute Gasteiger partial charge is 0.334 e. The Bertz CT molecular complexity index is 713. The summed E-state index contributed by atoms with van der Waals surface area (Å²) in [5.74, 6) is -0.204. The molecule has 3 rings (SSSR count). The fourth-order valence-corrected chi connectivity index (χ4v) is 2.45. The van der Waals surface area contributed by atoms with Gasteiger partial charge in [-0.25, -0.2) is 4.79 Å². The van der Waals surface area contributed by atoms with Crippen molar-refractivity contribution >= 4 is 23.3 Å². The summed E-state index contributed by atoms with van der Waals surface area (Å²) < 4.78 is 0. The Balaban J connectivity index is 1.62. The zero-order chi connectivity index (χ0) is 15.5. The standard InChI is InChI=1S/C17H17N3O2/c1-11-14-9-13(7-8-15(14)20-16(11)21)19-17(22)18-10-12-5-3-2-4-6-12/h2-9,11H,10H2,1H3,(H,20,21)(H2,18,19,22). The molecule has 112 valence electrons. The van der Waals surface area contributed by atoms with E-state index in [1.165, 1.54) is 0 Å². The Labute approximate surface area is 128 Å². The van der Waals surface area contributed by atoms with Crippen molar-refractivity contribution in [3.8, 4) is 0 Å². The molecule has 22 heavy (non-hydrogen) atoms. The van der Waals surface area contributed by atoms with E-state index in [1.807, 2.05) is 49.4 Å². The third kappa shape index (κ3) is 2.93. The van der Waals surface area contributed by atoms with Gasteiger partial charge in [-0.1, -0.05) is 30.3 Å². The highest BCUT2D eigenvalue weighted by Crippen LogP contribution is 2.33. The molecule has 1 aliphatic heterocycles. The molecule has 2 aromatic rings. The molecule has 0 spiro atoms. The topological polar surface area (TPSA) is 70.2 Å². The molecule has 5 heteroatoms. The third-order valence-corrected chi connectivity index (χ3v) is 3.72. The van der Waals surface area contributed by atoms with Gasteiger partial charge in [0, 0.05) is 17.9 Å². The minimum absolute atomic E-state index is 0.0133. The van der Waals surface area contributed by atoms with E-state index in [2.05, 4.69) is 16.0 Å². The van der Waals surface area contributed by atoms with E-state index >= 15 is 0 Å². The van der Waals surface area contributed by atoms with Crippen molar-refractivity contribution in [3.05, 3.63) is 59.7 Å². The number of nitrogens with one attached hydrogen (secondary N) is 3. The first-order chi connectivity index (χ1) is 10.6. The van der Waals surface area contributed by atoms with Crippen LogP contribution in [0.4, 0.5) is 16.2 Å². The van der Waals surface area contributed by atoms with Crippen LogP contribution in [0.5, 0.6) is 0 Å². The van der Waals surface area contributed by atoms with Gasteiger partial charge >= 0.3 is 6.03 Å². The summed E-state index contributed by atoms with van der Waals surface area (Å²) in [6.45, 7) is 2.31. The number of carbonyl (C=O) groups is 2. The van der Waals surface area contributed by atoms with Gasteiger partial charge in [0.1, 0.15) is 0 Å². The normalized spacial score (nSPS) is 15.9. The predicted molar refractivity (Wildman–Crippen MR) is 85.8 cm³/mol. The van der Waals surface area contributed by atoms with Crippen LogP contribution < -0.4 is 16.0 Å². The maximum Gasteiger partial charge on any atom is 0.319 e. The van der Waals surface area contributed by atoms with Gasteiger partial charge < -0.3 is 16.0 Å². The first-order valence-electron chi connectivity index (χ1n) is 7.17. The molecule has 3 amide bonds. The summed E-state index contributed by atoms with van der Waals surface area (Å²) in [6, 6.07) is 14.9. The van der Waals surface area contributed by atoms with Gasteiger partial charge in [0.2, 0.25) is 5.91 Å². The number of carbonyl (C=O) groups excluding carboxylic acids is 2. The molecule has 0 saturated carbocycles. The molecule has 1 unspecified atom stereocenters. The van der Waals surface area contributed by atoms with Crippen molar-refractivity contribution in [3.63, 3.8) is 0 Å². The maximum atomic E-state index is 11.9. The van der Waals surface area contributed by atoms with Gasteiger partial charge in [0.05, 0.1) is 5.92 Å². The Hall–Kier alpha value is -2.82. The van der Waals surface area contributed by atoms with Crippen LogP contribution in [0.25, 0.3) is 0 Å². The first-order valence-corrected chi connectivity index (χ1v) is 7.17. The van der Waals surface area contributed by atoms with E-state index in [0.29, 0.717) is 12.2 Å². The van der Waals surface area contributed by atoms with E-state index in [1.54, 1.807) is 6.07 Å². The zero-order valence-corrected chi connectivity index (χ0v) is 12.2. The van der Waals surface area contributed by atoms with Crippen molar-refractivity contribution in [1.82, 2.24) is 5.32 Å². The molecule has 0 bridgehead atoms. The summed E-state index contributed by atoms with van der Waals surface area (Å²) in [5, 5.41) is 8.40. The van der Waals surface area contributed by atoms with Crippen LogP contribution in [-0.4, -0.2) is 11.9 Å². The molecule has 1 heterocycles. The highest BCUT2D eigenvalue weighted by Gasteiger charge is 2.26. The summed E-state index contributed by atoms with van der Waals surface area (Å²) in [7, 11) is 0. The fraction of sp³-hybridized carbons (Fsp3) is 0.176. The van der Waals surface area contributed by atoms with E-state index in [0.717, 1.165) is 16.8 Å². The smallest absolute Gasteiger partial charge is 0.319 e. The SMILES string of the molecule is CC1C(=O)Nc2ccc(NC(=O)NCc3ccccc3)cc21. The molecule has 3 N–H and O–H groups in total. The average Bonchev–Trinajstić information content (AvgIpc) is 2.81. The molecular formula is C17H17N3O2. The number of rotatable bonds is 3. The van der Waals surface area contributed by atoms with Gasteiger partial charge in [-0.15, -0.1) is 0 Å². The predicted octanol–water partition coefficient (Wildman–Crippen LogP) is 3.06. The Morgan fingerprint density at radius 2 is 1.95 bits per heavy atom. The average molecular weight is 295 g/mol. The highest BCUT2D eigenvalue weighted by molar-refractivity contribution is 6.03. The van der Waals surface area contributed by atoms with Crippen LogP contribution in [-0.2, 0) is 11.3 Å². The molecule has 0 fully saturated rings.